The van der Waals surface area contributed by atoms with Crippen molar-refractivity contribution in [1.29, 1.82) is 0 Å². The summed E-state index contributed by atoms with van der Waals surface area (Å²) in [5, 5.41) is 0.433. The molecule has 0 atom stereocenters. The number of nitrogens with two attached hydrogens (primary N) is 1. The molecule has 106 valence electrons. The van der Waals surface area contributed by atoms with Gasteiger partial charge >= 0.3 is 0 Å². The lowest BCUT2D eigenvalue weighted by molar-refractivity contribution is 0.152. The second-order valence-corrected chi connectivity index (χ2v) is 7.82. The van der Waals surface area contributed by atoms with Crippen LogP contribution < -0.4 is 10.6 Å². The van der Waals surface area contributed by atoms with Crippen LogP contribution in [0.3, 0.4) is 0 Å². The average molecular weight is 303 g/mol. The van der Waals surface area contributed by atoms with Crippen LogP contribution in [-0.4, -0.2) is 44.3 Å². The summed E-state index contributed by atoms with van der Waals surface area (Å²) >= 11 is 1.18. The Balaban J connectivity index is 1.98. The number of anilines is 2. The maximum absolute atomic E-state index is 12.5. The highest BCUT2D eigenvalue weighted by Crippen LogP contribution is 2.42. The molecular formula is C11H17N3O3S2. The van der Waals surface area contributed by atoms with E-state index in [9.17, 15) is 8.42 Å². The van der Waals surface area contributed by atoms with Crippen molar-refractivity contribution < 1.29 is 13.2 Å². The third-order valence-corrected chi connectivity index (χ3v) is 6.79. The van der Waals surface area contributed by atoms with Crippen LogP contribution in [0.25, 0.3) is 0 Å². The Hall–Kier alpha value is -0.860. The van der Waals surface area contributed by atoms with E-state index in [1.54, 1.807) is 0 Å². The minimum Gasteiger partial charge on any atom is -0.382 e. The van der Waals surface area contributed by atoms with Gasteiger partial charge in [0.1, 0.15) is 9.90 Å². The Kier molecular flexibility index (Phi) is 3.40. The van der Waals surface area contributed by atoms with E-state index in [0.717, 1.165) is 32.4 Å². The highest BCUT2D eigenvalue weighted by atomic mass is 32.2. The SMILES string of the molecule is Nc1nsc(N2CCCOCC2)c1S(=O)(=O)C1CC1. The smallest absolute Gasteiger partial charge is 0.187 e. The van der Waals surface area contributed by atoms with Crippen molar-refractivity contribution in [2.75, 3.05) is 36.9 Å². The van der Waals surface area contributed by atoms with Crippen molar-refractivity contribution in [1.82, 2.24) is 4.37 Å². The van der Waals surface area contributed by atoms with Gasteiger partial charge < -0.3 is 15.4 Å². The summed E-state index contributed by atoms with van der Waals surface area (Å²) in [6, 6.07) is 0. The minimum atomic E-state index is -3.30. The number of ether oxygens (including phenoxy) is 1. The van der Waals surface area contributed by atoms with Crippen LogP contribution in [0.5, 0.6) is 0 Å². The molecule has 0 unspecified atom stereocenters. The molecule has 19 heavy (non-hydrogen) atoms. The van der Waals surface area contributed by atoms with Crippen molar-refractivity contribution >= 4 is 32.2 Å². The van der Waals surface area contributed by atoms with Gasteiger partial charge in [0.05, 0.1) is 11.9 Å². The fourth-order valence-electron chi connectivity index (χ4n) is 2.25. The summed E-state index contributed by atoms with van der Waals surface area (Å²) in [4.78, 5) is 2.29. The summed E-state index contributed by atoms with van der Waals surface area (Å²) in [5.41, 5.74) is 5.80. The van der Waals surface area contributed by atoms with Gasteiger partial charge in [-0.05, 0) is 30.8 Å². The lowest BCUT2D eigenvalue weighted by Gasteiger charge is -2.20. The van der Waals surface area contributed by atoms with Gasteiger partial charge in [-0.2, -0.15) is 4.37 Å². The summed E-state index contributed by atoms with van der Waals surface area (Å²) in [5.74, 6) is 0.150. The summed E-state index contributed by atoms with van der Waals surface area (Å²) in [6.45, 7) is 2.81. The van der Waals surface area contributed by atoms with Crippen LogP contribution in [0.4, 0.5) is 10.8 Å². The number of sulfone groups is 1. The maximum atomic E-state index is 12.5. The van der Waals surface area contributed by atoms with E-state index in [-0.39, 0.29) is 16.0 Å². The molecule has 1 aliphatic carbocycles. The molecular weight excluding hydrogens is 286 g/mol. The lowest BCUT2D eigenvalue weighted by Crippen LogP contribution is -2.27. The topological polar surface area (TPSA) is 85.5 Å². The van der Waals surface area contributed by atoms with Crippen LogP contribution in [-0.2, 0) is 14.6 Å². The molecule has 0 spiro atoms. The molecule has 1 saturated heterocycles. The zero-order chi connectivity index (χ0) is 13.5. The van der Waals surface area contributed by atoms with Crippen molar-refractivity contribution in [3.8, 4) is 0 Å². The Morgan fingerprint density at radius 1 is 1.32 bits per heavy atom. The second-order valence-electron chi connectivity index (χ2n) is 4.90. The van der Waals surface area contributed by atoms with Crippen molar-refractivity contribution in [3.05, 3.63) is 0 Å². The zero-order valence-corrected chi connectivity index (χ0v) is 12.2. The molecule has 2 aliphatic rings. The molecule has 0 radical (unpaired) electrons. The average Bonchev–Trinajstić information content (AvgIpc) is 3.17. The molecule has 0 amide bonds. The van der Waals surface area contributed by atoms with E-state index >= 15 is 0 Å². The van der Waals surface area contributed by atoms with Crippen molar-refractivity contribution in [3.63, 3.8) is 0 Å². The first kappa shape index (κ1) is 13.1. The van der Waals surface area contributed by atoms with Gasteiger partial charge in [-0.3, -0.25) is 0 Å². The molecule has 1 aliphatic heterocycles. The van der Waals surface area contributed by atoms with Crippen LogP contribution in [0.15, 0.2) is 4.90 Å². The predicted octanol–water partition coefficient (Wildman–Crippen LogP) is 0.888. The van der Waals surface area contributed by atoms with Gasteiger partial charge in [0, 0.05) is 19.7 Å². The Morgan fingerprint density at radius 2 is 2.11 bits per heavy atom. The molecule has 8 heteroatoms. The quantitative estimate of drug-likeness (QED) is 0.892. The first-order valence-corrected chi connectivity index (χ1v) is 8.74. The Bertz CT molecular complexity index is 558. The standard InChI is InChI=1S/C11H17N3O3S2/c12-10-9(19(15,16)8-2-3-8)11(18-13-10)14-4-1-6-17-7-5-14/h8H,1-7H2,(H2,12,13). The number of nitrogen functional groups attached to an aromatic ring is 1. The van der Waals surface area contributed by atoms with E-state index in [2.05, 4.69) is 4.37 Å². The monoisotopic (exact) mass is 303 g/mol. The number of hydrogen-bond acceptors (Lipinski definition) is 7. The zero-order valence-electron chi connectivity index (χ0n) is 10.5. The Labute approximate surface area is 116 Å². The molecule has 1 aromatic rings. The summed E-state index contributed by atoms with van der Waals surface area (Å²) in [6.07, 6.45) is 2.36. The summed E-state index contributed by atoms with van der Waals surface area (Å²) in [7, 11) is -3.30. The second kappa shape index (κ2) is 4.92. The molecule has 2 fully saturated rings. The van der Waals surface area contributed by atoms with Gasteiger partial charge in [-0.15, -0.1) is 0 Å². The van der Waals surface area contributed by atoms with Crippen LogP contribution in [0.1, 0.15) is 19.3 Å². The molecule has 1 aromatic heterocycles. The predicted molar refractivity (Wildman–Crippen MR) is 74.4 cm³/mol. The third-order valence-electron chi connectivity index (χ3n) is 3.41. The fourth-order valence-corrected chi connectivity index (χ4v) is 5.33. The number of rotatable bonds is 3. The first-order valence-electron chi connectivity index (χ1n) is 6.42. The highest BCUT2D eigenvalue weighted by Gasteiger charge is 2.41. The molecule has 2 heterocycles. The van der Waals surface area contributed by atoms with Crippen molar-refractivity contribution in [2.24, 2.45) is 0 Å². The van der Waals surface area contributed by atoms with E-state index in [1.165, 1.54) is 11.5 Å². The normalized spacial score (nSPS) is 21.4. The van der Waals surface area contributed by atoms with Crippen LogP contribution >= 0.6 is 11.5 Å². The largest absolute Gasteiger partial charge is 0.382 e. The number of aromatic nitrogens is 1. The summed E-state index contributed by atoms with van der Waals surface area (Å²) < 4.78 is 34.4. The number of nitrogens with zero attached hydrogens (tertiary/aromatic N) is 2. The van der Waals surface area contributed by atoms with E-state index in [1.807, 2.05) is 4.90 Å². The van der Waals surface area contributed by atoms with Gasteiger partial charge in [-0.25, -0.2) is 8.42 Å². The van der Waals surface area contributed by atoms with Crippen molar-refractivity contribution in [2.45, 2.75) is 29.4 Å². The molecule has 2 N–H and O–H groups in total. The van der Waals surface area contributed by atoms with Crippen LogP contribution in [0, 0.1) is 0 Å². The van der Waals surface area contributed by atoms with Gasteiger partial charge in [0.25, 0.3) is 0 Å². The van der Waals surface area contributed by atoms with E-state index < -0.39 is 9.84 Å². The molecule has 0 bridgehead atoms. The van der Waals surface area contributed by atoms with E-state index in [4.69, 9.17) is 10.5 Å². The first-order chi connectivity index (χ1) is 9.10. The van der Waals surface area contributed by atoms with Gasteiger partial charge in [-0.1, -0.05) is 0 Å². The third kappa shape index (κ3) is 2.44. The van der Waals surface area contributed by atoms with Crippen LogP contribution in [0.2, 0.25) is 0 Å². The number of hydrogen-bond donors (Lipinski definition) is 1. The Morgan fingerprint density at radius 3 is 2.84 bits per heavy atom. The molecule has 0 aromatic carbocycles. The maximum Gasteiger partial charge on any atom is 0.187 e. The molecule has 1 saturated carbocycles. The fraction of sp³-hybridized carbons (Fsp3) is 0.727. The van der Waals surface area contributed by atoms with E-state index in [0.29, 0.717) is 18.2 Å². The van der Waals surface area contributed by atoms with Gasteiger partial charge in [0.15, 0.2) is 15.7 Å². The molecule has 3 rings (SSSR count). The highest BCUT2D eigenvalue weighted by molar-refractivity contribution is 7.92. The minimum absolute atomic E-state index is 0.150. The van der Waals surface area contributed by atoms with Gasteiger partial charge in [0.2, 0.25) is 0 Å². The molecule has 6 nitrogen and oxygen atoms in total. The lowest BCUT2D eigenvalue weighted by atomic mass is 10.4.